The molecule has 3 nitrogen and oxygen atoms in total. The predicted octanol–water partition coefficient (Wildman–Crippen LogP) is 4.49. The molecule has 0 aromatic heterocycles. The maximum absolute atomic E-state index is 9.70. The van der Waals surface area contributed by atoms with Crippen LogP contribution in [0.2, 0.25) is 0 Å². The van der Waals surface area contributed by atoms with Crippen LogP contribution in [-0.2, 0) is 15.1 Å². The summed E-state index contributed by atoms with van der Waals surface area (Å²) in [5.41, 5.74) is 2.48. The first-order valence-corrected chi connectivity index (χ1v) is 9.43. The average Bonchev–Trinajstić information content (AvgIpc) is 3.16. The van der Waals surface area contributed by atoms with Gasteiger partial charge in [-0.2, -0.15) is 0 Å². The van der Waals surface area contributed by atoms with Gasteiger partial charge in [-0.15, -0.1) is 0 Å². The number of rotatable bonds is 6. The van der Waals surface area contributed by atoms with Crippen LogP contribution in [0.5, 0.6) is 0 Å². The maximum atomic E-state index is 9.70. The van der Waals surface area contributed by atoms with Crippen molar-refractivity contribution >= 4 is 0 Å². The Balaban J connectivity index is 1.81. The highest BCUT2D eigenvalue weighted by Crippen LogP contribution is 2.41. The van der Waals surface area contributed by atoms with Gasteiger partial charge in [0.1, 0.15) is 5.60 Å². The van der Waals surface area contributed by atoms with Gasteiger partial charge in [-0.3, -0.25) is 0 Å². The zero-order chi connectivity index (χ0) is 18.5. The van der Waals surface area contributed by atoms with Crippen molar-refractivity contribution in [3.63, 3.8) is 0 Å². The fourth-order valence-electron chi connectivity index (χ4n) is 3.80. The Labute approximate surface area is 160 Å². The van der Waals surface area contributed by atoms with Crippen molar-refractivity contribution in [3.05, 3.63) is 108 Å². The molecule has 1 aliphatic heterocycles. The highest BCUT2D eigenvalue weighted by molar-refractivity contribution is 5.47. The molecule has 0 amide bonds. The summed E-state index contributed by atoms with van der Waals surface area (Å²) in [5, 5.41) is 9.70. The van der Waals surface area contributed by atoms with Crippen molar-refractivity contribution in [2.75, 3.05) is 6.61 Å². The third kappa shape index (κ3) is 3.67. The Morgan fingerprint density at radius 3 is 1.56 bits per heavy atom. The van der Waals surface area contributed by atoms with Crippen molar-refractivity contribution in [3.8, 4) is 0 Å². The molecule has 2 atom stereocenters. The van der Waals surface area contributed by atoms with E-state index in [1.54, 1.807) is 0 Å². The van der Waals surface area contributed by atoms with E-state index in [0.717, 1.165) is 23.1 Å². The number of hydrogen-bond acceptors (Lipinski definition) is 3. The van der Waals surface area contributed by atoms with E-state index in [0.29, 0.717) is 13.0 Å². The molecule has 1 aliphatic rings. The quantitative estimate of drug-likeness (QED) is 0.658. The number of ether oxygens (including phenoxy) is 2. The summed E-state index contributed by atoms with van der Waals surface area (Å²) in [6.45, 7) is 0.412. The zero-order valence-electron chi connectivity index (χ0n) is 15.2. The Morgan fingerprint density at radius 2 is 1.19 bits per heavy atom. The molecule has 0 radical (unpaired) electrons. The van der Waals surface area contributed by atoms with Gasteiger partial charge in [0, 0.05) is 6.42 Å². The minimum Gasteiger partial charge on any atom is -0.368 e. The van der Waals surface area contributed by atoms with Gasteiger partial charge in [0.2, 0.25) is 0 Å². The van der Waals surface area contributed by atoms with E-state index in [4.69, 9.17) is 9.47 Å². The number of benzene rings is 3. The van der Waals surface area contributed by atoms with Crippen LogP contribution in [0.15, 0.2) is 91.0 Å². The van der Waals surface area contributed by atoms with Gasteiger partial charge in [0.25, 0.3) is 0 Å². The van der Waals surface area contributed by atoms with Gasteiger partial charge in [0.15, 0.2) is 6.29 Å². The van der Waals surface area contributed by atoms with Crippen molar-refractivity contribution in [2.45, 2.75) is 30.8 Å². The van der Waals surface area contributed by atoms with Crippen LogP contribution in [0.3, 0.4) is 0 Å². The molecule has 0 aliphatic carbocycles. The topological polar surface area (TPSA) is 38.7 Å². The highest BCUT2D eigenvalue weighted by Gasteiger charge is 2.38. The molecule has 1 N–H and O–H groups in total. The lowest BCUT2D eigenvalue weighted by Crippen LogP contribution is -2.35. The first kappa shape index (κ1) is 17.9. The smallest absolute Gasteiger partial charge is 0.155 e. The van der Waals surface area contributed by atoms with E-state index >= 15 is 0 Å². The second-order valence-corrected chi connectivity index (χ2v) is 6.88. The zero-order valence-corrected chi connectivity index (χ0v) is 15.2. The lowest BCUT2D eigenvalue weighted by Gasteiger charge is -2.36. The molecule has 1 saturated heterocycles. The third-order valence-electron chi connectivity index (χ3n) is 5.11. The summed E-state index contributed by atoms with van der Waals surface area (Å²) in [6, 6.07) is 30.9. The van der Waals surface area contributed by atoms with Crippen molar-refractivity contribution in [1.82, 2.24) is 0 Å². The Kier molecular flexibility index (Phi) is 5.35. The minimum absolute atomic E-state index is 0.101. The number of aliphatic hydroxyl groups is 1. The first-order chi connectivity index (χ1) is 13.3. The summed E-state index contributed by atoms with van der Waals surface area (Å²) in [7, 11) is 0. The summed E-state index contributed by atoms with van der Waals surface area (Å²) in [6.07, 6.45) is 0.673. The number of hydrogen-bond donors (Lipinski definition) is 1. The van der Waals surface area contributed by atoms with Gasteiger partial charge in [-0.1, -0.05) is 91.0 Å². The molecule has 0 spiro atoms. The van der Waals surface area contributed by atoms with Crippen LogP contribution >= 0.6 is 0 Å². The molecule has 27 heavy (non-hydrogen) atoms. The minimum atomic E-state index is -0.735. The molecule has 138 valence electrons. The molecule has 0 saturated carbocycles. The Morgan fingerprint density at radius 1 is 0.741 bits per heavy atom. The lowest BCUT2D eigenvalue weighted by atomic mass is 9.80. The van der Waals surface area contributed by atoms with Crippen LogP contribution in [-0.4, -0.2) is 24.1 Å². The van der Waals surface area contributed by atoms with Gasteiger partial charge < -0.3 is 14.6 Å². The fourth-order valence-corrected chi connectivity index (χ4v) is 3.80. The number of aliphatic hydroxyl groups excluding tert-OH is 1. The SMILES string of the molecule is OC1CC[C@H](COC(c2ccccc2)(c2ccccc2)c2ccccc2)O1. The van der Waals surface area contributed by atoms with E-state index in [9.17, 15) is 5.11 Å². The van der Waals surface area contributed by atoms with Crippen molar-refractivity contribution in [1.29, 1.82) is 0 Å². The van der Waals surface area contributed by atoms with Crippen LogP contribution in [0.1, 0.15) is 29.5 Å². The van der Waals surface area contributed by atoms with Gasteiger partial charge in [-0.25, -0.2) is 0 Å². The first-order valence-electron chi connectivity index (χ1n) is 9.43. The van der Waals surface area contributed by atoms with Gasteiger partial charge in [-0.05, 0) is 23.1 Å². The van der Waals surface area contributed by atoms with E-state index < -0.39 is 11.9 Å². The summed E-state index contributed by atoms with van der Waals surface area (Å²) in [4.78, 5) is 0. The van der Waals surface area contributed by atoms with Crippen LogP contribution in [0.4, 0.5) is 0 Å². The van der Waals surface area contributed by atoms with Crippen molar-refractivity contribution < 1.29 is 14.6 Å². The largest absolute Gasteiger partial charge is 0.368 e. The van der Waals surface area contributed by atoms with Crippen molar-refractivity contribution in [2.24, 2.45) is 0 Å². The van der Waals surface area contributed by atoms with E-state index in [2.05, 4.69) is 36.4 Å². The second kappa shape index (κ2) is 8.05. The fraction of sp³-hybridized carbons (Fsp3) is 0.250. The molecule has 3 heteroatoms. The maximum Gasteiger partial charge on any atom is 0.155 e. The van der Waals surface area contributed by atoms with Gasteiger partial charge in [0.05, 0.1) is 12.7 Å². The molecule has 1 heterocycles. The standard InChI is InChI=1S/C24H24O3/c25-23-17-16-22(27-23)18-26-24(19-10-4-1-5-11-19,20-12-6-2-7-13-20)21-14-8-3-9-15-21/h1-15,22-23,25H,16-18H2/t22-,23?/m1/s1. The predicted molar refractivity (Wildman–Crippen MR) is 105 cm³/mol. The van der Waals surface area contributed by atoms with Crippen LogP contribution in [0, 0.1) is 0 Å². The van der Waals surface area contributed by atoms with Gasteiger partial charge >= 0.3 is 0 Å². The second-order valence-electron chi connectivity index (χ2n) is 6.88. The molecule has 1 unspecified atom stereocenters. The molecule has 3 aromatic rings. The average molecular weight is 360 g/mol. The molecular formula is C24H24O3. The van der Waals surface area contributed by atoms with Crippen LogP contribution < -0.4 is 0 Å². The molecule has 3 aromatic carbocycles. The Bertz CT molecular complexity index is 737. The molecule has 1 fully saturated rings. The van der Waals surface area contributed by atoms with E-state index in [1.807, 2.05) is 54.6 Å². The molecule has 0 bridgehead atoms. The Hall–Kier alpha value is -2.46. The summed E-state index contributed by atoms with van der Waals surface area (Å²) in [5.74, 6) is 0. The molecule has 4 rings (SSSR count). The third-order valence-corrected chi connectivity index (χ3v) is 5.11. The summed E-state index contributed by atoms with van der Waals surface area (Å²) < 4.78 is 12.3. The highest BCUT2D eigenvalue weighted by atomic mass is 16.6. The normalized spacial score (nSPS) is 19.9. The van der Waals surface area contributed by atoms with E-state index in [-0.39, 0.29) is 6.10 Å². The lowest BCUT2D eigenvalue weighted by molar-refractivity contribution is -0.122. The van der Waals surface area contributed by atoms with Crippen LogP contribution in [0.25, 0.3) is 0 Å². The molecular weight excluding hydrogens is 336 g/mol. The van der Waals surface area contributed by atoms with E-state index in [1.165, 1.54) is 0 Å². The monoisotopic (exact) mass is 360 g/mol. The summed E-state index contributed by atoms with van der Waals surface area (Å²) >= 11 is 0.